The lowest BCUT2D eigenvalue weighted by molar-refractivity contribution is -0.160. The van der Waals surface area contributed by atoms with Crippen molar-refractivity contribution in [2.24, 2.45) is 17.8 Å². The highest BCUT2D eigenvalue weighted by molar-refractivity contribution is 5.93. The maximum atomic E-state index is 13.1. The highest BCUT2D eigenvalue weighted by Gasteiger charge is 2.57. The fraction of sp³-hybridized carbons (Fsp3) is 0.512. The zero-order valence-electron chi connectivity index (χ0n) is 32.2. The second kappa shape index (κ2) is 16.5. The number of hydrogen-bond acceptors (Lipinski definition) is 13. The molecule has 0 spiro atoms. The number of benzene rings is 2. The normalized spacial score (nSPS) is 24.9. The van der Waals surface area contributed by atoms with E-state index in [0.29, 0.717) is 71.2 Å². The van der Waals surface area contributed by atoms with Crippen molar-refractivity contribution < 1.29 is 28.2 Å². The van der Waals surface area contributed by atoms with Gasteiger partial charge in [0.15, 0.2) is 0 Å². The first-order valence-corrected chi connectivity index (χ1v) is 19.4. The number of carbonyl (C=O) groups excluding carboxylic acids is 2. The number of aliphatic hydroxyl groups excluding tert-OH is 1. The average Bonchev–Trinajstić information content (AvgIpc) is 3.79. The Hall–Kier alpha value is -5.58. The van der Waals surface area contributed by atoms with Crippen LogP contribution in [0.25, 0.3) is 22.1 Å². The Morgan fingerprint density at radius 1 is 0.842 bits per heavy atom. The first-order chi connectivity index (χ1) is 27.3. The van der Waals surface area contributed by atoms with Gasteiger partial charge in [-0.25, -0.2) is 8.78 Å². The number of likely N-dealkylation sites (tertiary alicyclic amines) is 1. The van der Waals surface area contributed by atoms with E-state index in [1.165, 1.54) is 0 Å². The number of piperidine rings is 2. The maximum absolute atomic E-state index is 13.1. The first kappa shape index (κ1) is 39.6. The van der Waals surface area contributed by atoms with E-state index >= 15 is 0 Å². The van der Waals surface area contributed by atoms with Gasteiger partial charge in [0.1, 0.15) is 46.4 Å². The van der Waals surface area contributed by atoms with Crippen LogP contribution in [0, 0.1) is 40.4 Å². The third-order valence-electron chi connectivity index (χ3n) is 11.2. The number of esters is 1. The lowest BCUT2D eigenvalue weighted by Crippen LogP contribution is -2.57. The van der Waals surface area contributed by atoms with Crippen molar-refractivity contribution in [3.05, 3.63) is 60.2 Å². The zero-order valence-corrected chi connectivity index (χ0v) is 32.2. The average molecular weight is 781 g/mol. The molecule has 2 aromatic heterocycles. The fourth-order valence-corrected chi connectivity index (χ4v) is 8.22. The van der Waals surface area contributed by atoms with Crippen molar-refractivity contribution >= 4 is 45.3 Å². The molecule has 4 fully saturated rings. The molecule has 3 saturated heterocycles. The molecule has 0 radical (unpaired) electrons. The van der Waals surface area contributed by atoms with Crippen LogP contribution < -0.4 is 15.1 Å². The summed E-state index contributed by atoms with van der Waals surface area (Å²) in [5.41, 5.74) is 5.20. The van der Waals surface area contributed by atoms with Crippen molar-refractivity contribution in [3.8, 4) is 12.1 Å². The molecular formula is C41H46F2N10O4. The van der Waals surface area contributed by atoms with Gasteiger partial charge in [-0.05, 0) is 55.9 Å². The molecule has 2 unspecified atom stereocenters. The number of amides is 1. The van der Waals surface area contributed by atoms with E-state index in [-0.39, 0.29) is 49.0 Å². The molecule has 57 heavy (non-hydrogen) atoms. The molecule has 298 valence electrons. The largest absolute Gasteiger partial charge is 0.459 e. The summed E-state index contributed by atoms with van der Waals surface area (Å²) >= 11 is 0. The number of nitrogens with one attached hydrogen (secondary N) is 1. The molecule has 4 aliphatic rings. The monoisotopic (exact) mass is 780 g/mol. The Morgan fingerprint density at radius 2 is 1.35 bits per heavy atom. The third kappa shape index (κ3) is 8.87. The van der Waals surface area contributed by atoms with Crippen LogP contribution in [0.1, 0.15) is 57.6 Å². The van der Waals surface area contributed by atoms with Crippen molar-refractivity contribution in [3.63, 3.8) is 0 Å². The zero-order chi connectivity index (χ0) is 40.4. The standard InChI is InChI=1S/C21H25N5O3.C20H21F2N5O/c1-13-7-17(29-21(28)14(2)25-10-16(27)11-25)12-26(9-13)18-4-3-15(8-22)19-20(18)24-6-5-23-19;1-12-6-15(26-17(28)7-14-8-20(14,21)22)11-27(10-12)16-3-2-13(9-23)18-19(16)25-5-4-24-18/h3-6,13-14,16-17,27H,7,9-12H2,1-2H3;2-5,12,14-15H,6-8,10-11H2,1H3,(H,26,28)/t13-,14?,17+;12-,14?,15+/m00/s1. The highest BCUT2D eigenvalue weighted by Crippen LogP contribution is 2.50. The minimum absolute atomic E-state index is 0.119. The number of aromatic nitrogens is 4. The van der Waals surface area contributed by atoms with Crippen LogP contribution in [0.5, 0.6) is 0 Å². The minimum Gasteiger partial charge on any atom is -0.459 e. The van der Waals surface area contributed by atoms with Gasteiger partial charge in [0, 0.05) is 82.3 Å². The minimum atomic E-state index is -2.68. The number of ether oxygens (including phenoxy) is 1. The smallest absolute Gasteiger partial charge is 0.323 e. The summed E-state index contributed by atoms with van der Waals surface area (Å²) in [5, 5.41) is 31.0. The molecule has 2 N–H and O–H groups in total. The summed E-state index contributed by atoms with van der Waals surface area (Å²) in [6.07, 6.45) is 7.08. The molecule has 2 aromatic carbocycles. The summed E-state index contributed by atoms with van der Waals surface area (Å²) < 4.78 is 32.0. The van der Waals surface area contributed by atoms with E-state index in [1.807, 2.05) is 24.0 Å². The summed E-state index contributed by atoms with van der Waals surface area (Å²) in [6.45, 7) is 9.82. The number of fused-ring (bicyclic) bond motifs is 2. The number of halogens is 2. The number of β-amino-alcohol motifs (C(OH)–C–C–N with tert-alkyl or cyclic N) is 1. The van der Waals surface area contributed by atoms with Crippen LogP contribution in [0.2, 0.25) is 0 Å². The summed E-state index contributed by atoms with van der Waals surface area (Å²) in [5.74, 6) is -3.41. The Labute approximate surface area is 329 Å². The van der Waals surface area contributed by atoms with Crippen LogP contribution in [0.3, 0.4) is 0 Å². The predicted molar refractivity (Wildman–Crippen MR) is 207 cm³/mol. The van der Waals surface area contributed by atoms with Crippen LogP contribution in [-0.2, 0) is 14.3 Å². The quantitative estimate of drug-likeness (QED) is 0.243. The van der Waals surface area contributed by atoms with E-state index in [9.17, 15) is 34.0 Å². The fourth-order valence-electron chi connectivity index (χ4n) is 8.22. The van der Waals surface area contributed by atoms with Crippen molar-refractivity contribution in [2.45, 2.75) is 76.7 Å². The molecule has 6 atom stereocenters. The van der Waals surface area contributed by atoms with E-state index in [1.54, 1.807) is 36.9 Å². The van der Waals surface area contributed by atoms with E-state index < -0.39 is 11.8 Å². The summed E-state index contributed by atoms with van der Waals surface area (Å²) in [7, 11) is 0. The Balaban J connectivity index is 0.000000174. The van der Waals surface area contributed by atoms with Gasteiger partial charge < -0.3 is 25.0 Å². The molecule has 14 nitrogen and oxygen atoms in total. The molecule has 1 amide bonds. The van der Waals surface area contributed by atoms with E-state index in [2.05, 4.69) is 61.0 Å². The van der Waals surface area contributed by atoms with Gasteiger partial charge in [-0.3, -0.25) is 34.4 Å². The SMILES string of the molecule is CC(C(=O)O[C@@H]1C[C@H](C)CN(c2ccc(C#N)c3nccnc23)C1)N1CC(O)C1.C[C@H]1C[C@@H](NC(=O)CC2CC2(F)F)CN(c2ccc(C#N)c3nccnc23)C1. The number of nitrogens with zero attached hydrogens (tertiary/aromatic N) is 9. The number of hydrogen-bond donors (Lipinski definition) is 2. The third-order valence-corrected chi connectivity index (χ3v) is 11.2. The van der Waals surface area contributed by atoms with Crippen molar-refractivity contribution in [1.29, 1.82) is 10.5 Å². The Kier molecular flexibility index (Phi) is 11.5. The molecule has 5 heterocycles. The molecule has 1 saturated carbocycles. The number of carbonyl (C=O) groups is 2. The Bertz CT molecular complexity index is 2220. The second-order valence-corrected chi connectivity index (χ2v) is 16.0. The molecule has 16 heteroatoms. The maximum Gasteiger partial charge on any atom is 0.323 e. The predicted octanol–water partition coefficient (Wildman–Crippen LogP) is 4.20. The molecule has 0 bridgehead atoms. The lowest BCUT2D eigenvalue weighted by atomic mass is 9.94. The van der Waals surface area contributed by atoms with Gasteiger partial charge in [0.25, 0.3) is 5.92 Å². The van der Waals surface area contributed by atoms with Gasteiger partial charge in [0.2, 0.25) is 5.91 Å². The Morgan fingerprint density at radius 3 is 1.86 bits per heavy atom. The summed E-state index contributed by atoms with van der Waals surface area (Å²) in [4.78, 5) is 48.5. The van der Waals surface area contributed by atoms with Crippen molar-refractivity contribution in [1.82, 2.24) is 30.2 Å². The number of nitriles is 2. The number of anilines is 2. The number of aliphatic hydroxyl groups is 1. The van der Waals surface area contributed by atoms with Crippen molar-refractivity contribution in [2.75, 3.05) is 49.1 Å². The van der Waals surface area contributed by atoms with Crippen LogP contribution in [0.15, 0.2) is 49.1 Å². The van der Waals surface area contributed by atoms with Gasteiger partial charge in [-0.2, -0.15) is 10.5 Å². The van der Waals surface area contributed by atoms with Gasteiger partial charge >= 0.3 is 5.97 Å². The second-order valence-electron chi connectivity index (χ2n) is 16.0. The van der Waals surface area contributed by atoms with Crippen LogP contribution in [0.4, 0.5) is 20.2 Å². The van der Waals surface area contributed by atoms with Crippen LogP contribution in [-0.4, -0.2) is 111 Å². The molecule has 4 aromatic rings. The van der Waals surface area contributed by atoms with E-state index in [4.69, 9.17) is 4.74 Å². The van der Waals surface area contributed by atoms with Gasteiger partial charge in [0.05, 0.1) is 35.2 Å². The number of alkyl halides is 2. The first-order valence-electron chi connectivity index (χ1n) is 19.4. The molecule has 3 aliphatic heterocycles. The van der Waals surface area contributed by atoms with Gasteiger partial charge in [-0.1, -0.05) is 13.8 Å². The topological polar surface area (TPSA) is 184 Å². The van der Waals surface area contributed by atoms with Crippen LogP contribution >= 0.6 is 0 Å². The van der Waals surface area contributed by atoms with Gasteiger partial charge in [-0.15, -0.1) is 0 Å². The molecular weight excluding hydrogens is 735 g/mol. The molecule has 1 aliphatic carbocycles. The number of rotatable bonds is 8. The lowest BCUT2D eigenvalue weighted by Gasteiger charge is -2.41. The summed E-state index contributed by atoms with van der Waals surface area (Å²) in [6, 6.07) is 11.1. The van der Waals surface area contributed by atoms with E-state index in [0.717, 1.165) is 37.3 Å². The highest BCUT2D eigenvalue weighted by atomic mass is 19.3. The molecule has 8 rings (SSSR count).